The summed E-state index contributed by atoms with van der Waals surface area (Å²) in [5.74, 6) is 3.77. The van der Waals surface area contributed by atoms with Crippen LogP contribution in [0.15, 0.2) is 12.3 Å². The summed E-state index contributed by atoms with van der Waals surface area (Å²) in [5, 5.41) is 0. The highest BCUT2D eigenvalue weighted by Crippen LogP contribution is 2.35. The predicted octanol–water partition coefficient (Wildman–Crippen LogP) is 1.42. The summed E-state index contributed by atoms with van der Waals surface area (Å²) in [5.41, 5.74) is 2.04. The maximum absolute atomic E-state index is 5.48. The fourth-order valence-electron chi connectivity index (χ4n) is 3.98. The number of hydrogen-bond acceptors (Lipinski definition) is 4. The molecule has 1 aromatic heterocycles. The molecule has 3 aliphatic heterocycles. The number of terminal acetylenes is 1. The summed E-state index contributed by atoms with van der Waals surface area (Å²) in [6, 6.07) is 4.11. The molecule has 4 heterocycles. The van der Waals surface area contributed by atoms with Crippen LogP contribution in [0, 0.1) is 19.3 Å². The molecule has 2 unspecified atom stereocenters. The van der Waals surface area contributed by atoms with Crippen molar-refractivity contribution in [3.8, 4) is 12.3 Å². The lowest BCUT2D eigenvalue weighted by Crippen LogP contribution is -2.62. The zero-order valence-corrected chi connectivity index (χ0v) is 12.5. The molecule has 3 aliphatic rings. The molecule has 0 aromatic carbocycles. The molecule has 1 aromatic rings. The smallest absolute Gasteiger partial charge is 0.128 e. The Morgan fingerprint density at radius 1 is 1.24 bits per heavy atom. The average molecular weight is 283 g/mol. The second kappa shape index (κ2) is 5.01. The van der Waals surface area contributed by atoms with Gasteiger partial charge in [0, 0.05) is 36.9 Å². The van der Waals surface area contributed by atoms with Crippen molar-refractivity contribution in [1.82, 2.24) is 9.88 Å². The van der Waals surface area contributed by atoms with Gasteiger partial charge < -0.3 is 9.64 Å². The van der Waals surface area contributed by atoms with E-state index in [1.54, 1.807) is 0 Å². The molecule has 0 spiro atoms. The number of nitrogens with zero attached hydrogens (tertiary/aromatic N) is 3. The lowest BCUT2D eigenvalue weighted by atomic mass is 10.1. The largest absolute Gasteiger partial charge is 0.378 e. The molecule has 0 aliphatic carbocycles. The molecule has 2 atom stereocenters. The Bertz CT molecular complexity index is 576. The number of rotatable bonds is 2. The van der Waals surface area contributed by atoms with Crippen LogP contribution in [0.4, 0.5) is 5.82 Å². The minimum atomic E-state index is 0.656. The van der Waals surface area contributed by atoms with Crippen LogP contribution in [0.25, 0.3) is 0 Å². The van der Waals surface area contributed by atoms with Crippen LogP contribution < -0.4 is 4.90 Å². The van der Waals surface area contributed by atoms with Gasteiger partial charge in [-0.2, -0.15) is 0 Å². The van der Waals surface area contributed by atoms with E-state index in [-0.39, 0.29) is 0 Å². The van der Waals surface area contributed by atoms with E-state index < -0.39 is 0 Å². The molecular weight excluding hydrogens is 262 g/mol. The number of anilines is 1. The summed E-state index contributed by atoms with van der Waals surface area (Å²) < 4.78 is 5.38. The minimum absolute atomic E-state index is 0.656. The first-order valence-electron chi connectivity index (χ1n) is 7.79. The van der Waals surface area contributed by atoms with E-state index in [0.717, 1.165) is 43.2 Å². The topological polar surface area (TPSA) is 28.6 Å². The second-order valence-electron chi connectivity index (χ2n) is 6.43. The van der Waals surface area contributed by atoms with Crippen molar-refractivity contribution < 1.29 is 4.74 Å². The SMILES string of the molecule is C#Cc1cnc(N2CC3CCC(C2)N3C2COC2)cc1C. The number of aromatic nitrogens is 1. The zero-order chi connectivity index (χ0) is 14.4. The van der Waals surface area contributed by atoms with Gasteiger partial charge in [-0.05, 0) is 31.4 Å². The third kappa shape index (κ3) is 2.12. The maximum atomic E-state index is 5.48. The van der Waals surface area contributed by atoms with Crippen molar-refractivity contribution in [3.05, 3.63) is 23.4 Å². The lowest BCUT2D eigenvalue weighted by Gasteiger charge is -2.48. The molecule has 0 N–H and O–H groups in total. The number of aryl methyl sites for hydroxylation is 1. The van der Waals surface area contributed by atoms with E-state index in [4.69, 9.17) is 11.2 Å². The molecule has 21 heavy (non-hydrogen) atoms. The van der Waals surface area contributed by atoms with Crippen molar-refractivity contribution in [3.63, 3.8) is 0 Å². The quantitative estimate of drug-likeness (QED) is 0.768. The van der Waals surface area contributed by atoms with Gasteiger partial charge in [-0.25, -0.2) is 4.98 Å². The van der Waals surface area contributed by atoms with Gasteiger partial charge in [0.2, 0.25) is 0 Å². The van der Waals surface area contributed by atoms with E-state index in [2.05, 4.69) is 33.7 Å². The zero-order valence-electron chi connectivity index (χ0n) is 12.5. The molecular formula is C17H21N3O. The standard InChI is InChI=1S/C17H21N3O/c1-3-13-7-18-17(6-12(13)2)19-8-14-4-5-15(9-19)20(14)16-10-21-11-16/h1,6-7,14-16H,4-5,8-11H2,2H3. The van der Waals surface area contributed by atoms with Crippen LogP contribution in [0.5, 0.6) is 0 Å². The Hall–Kier alpha value is -1.57. The van der Waals surface area contributed by atoms with Crippen LogP contribution in [0.2, 0.25) is 0 Å². The first kappa shape index (κ1) is 13.1. The van der Waals surface area contributed by atoms with Crippen molar-refractivity contribution in [2.45, 2.75) is 37.9 Å². The van der Waals surface area contributed by atoms with E-state index in [0.29, 0.717) is 18.1 Å². The van der Waals surface area contributed by atoms with E-state index in [1.165, 1.54) is 12.8 Å². The van der Waals surface area contributed by atoms with Gasteiger partial charge >= 0.3 is 0 Å². The van der Waals surface area contributed by atoms with Gasteiger partial charge in [-0.15, -0.1) is 6.42 Å². The van der Waals surface area contributed by atoms with Crippen LogP contribution in [-0.4, -0.2) is 54.3 Å². The van der Waals surface area contributed by atoms with Crippen LogP contribution >= 0.6 is 0 Å². The molecule has 2 bridgehead atoms. The molecule has 4 nitrogen and oxygen atoms in total. The van der Waals surface area contributed by atoms with Crippen molar-refractivity contribution in [2.75, 3.05) is 31.2 Å². The first-order chi connectivity index (χ1) is 10.3. The van der Waals surface area contributed by atoms with E-state index >= 15 is 0 Å². The third-order valence-corrected chi connectivity index (χ3v) is 5.16. The van der Waals surface area contributed by atoms with Crippen molar-refractivity contribution in [2.24, 2.45) is 0 Å². The second-order valence-corrected chi connectivity index (χ2v) is 6.43. The summed E-state index contributed by atoms with van der Waals surface area (Å²) in [6.07, 6.45) is 9.93. The Kier molecular flexibility index (Phi) is 3.13. The van der Waals surface area contributed by atoms with Gasteiger partial charge in [0.25, 0.3) is 0 Å². The highest BCUT2D eigenvalue weighted by Gasteiger charge is 2.45. The summed E-state index contributed by atoms with van der Waals surface area (Å²) in [4.78, 5) is 9.72. The number of fused-ring (bicyclic) bond motifs is 2. The van der Waals surface area contributed by atoms with Gasteiger partial charge in [0.1, 0.15) is 5.82 Å². The Morgan fingerprint density at radius 2 is 1.95 bits per heavy atom. The molecule has 4 heteroatoms. The molecule has 3 saturated heterocycles. The van der Waals surface area contributed by atoms with Crippen molar-refractivity contribution in [1.29, 1.82) is 0 Å². The van der Waals surface area contributed by atoms with Crippen LogP contribution in [-0.2, 0) is 4.74 Å². The molecule has 0 amide bonds. The molecule has 110 valence electrons. The normalized spacial score (nSPS) is 29.2. The maximum Gasteiger partial charge on any atom is 0.128 e. The number of piperazine rings is 1. The van der Waals surface area contributed by atoms with Crippen LogP contribution in [0.3, 0.4) is 0 Å². The van der Waals surface area contributed by atoms with E-state index in [1.807, 2.05) is 6.20 Å². The van der Waals surface area contributed by atoms with Gasteiger partial charge in [0.05, 0.1) is 19.3 Å². The van der Waals surface area contributed by atoms with E-state index in [9.17, 15) is 0 Å². The average Bonchev–Trinajstić information content (AvgIpc) is 2.69. The third-order valence-electron chi connectivity index (χ3n) is 5.16. The van der Waals surface area contributed by atoms with Gasteiger partial charge in [0.15, 0.2) is 0 Å². The first-order valence-corrected chi connectivity index (χ1v) is 7.79. The lowest BCUT2D eigenvalue weighted by molar-refractivity contribution is -0.0850. The summed E-state index contributed by atoms with van der Waals surface area (Å²) in [7, 11) is 0. The molecule has 0 saturated carbocycles. The van der Waals surface area contributed by atoms with Gasteiger partial charge in [-0.3, -0.25) is 4.90 Å². The summed E-state index contributed by atoms with van der Waals surface area (Å²) in [6.45, 7) is 6.06. The van der Waals surface area contributed by atoms with Gasteiger partial charge in [-0.1, -0.05) is 5.92 Å². The summed E-state index contributed by atoms with van der Waals surface area (Å²) >= 11 is 0. The number of hydrogen-bond donors (Lipinski definition) is 0. The Balaban J connectivity index is 1.54. The highest BCUT2D eigenvalue weighted by atomic mass is 16.5. The monoisotopic (exact) mass is 283 g/mol. The number of pyridine rings is 1. The molecule has 3 fully saturated rings. The minimum Gasteiger partial charge on any atom is -0.378 e. The van der Waals surface area contributed by atoms with Crippen LogP contribution in [0.1, 0.15) is 24.0 Å². The fourth-order valence-corrected chi connectivity index (χ4v) is 3.98. The molecule has 0 radical (unpaired) electrons. The molecule has 4 rings (SSSR count). The Labute approximate surface area is 126 Å². The number of ether oxygens (including phenoxy) is 1. The Morgan fingerprint density at radius 3 is 2.48 bits per heavy atom. The fraction of sp³-hybridized carbons (Fsp3) is 0.588. The highest BCUT2D eigenvalue weighted by molar-refractivity contribution is 5.48. The van der Waals surface area contributed by atoms with Crippen molar-refractivity contribution >= 4 is 5.82 Å². The predicted molar refractivity (Wildman–Crippen MR) is 82.4 cm³/mol.